The van der Waals surface area contributed by atoms with Crippen molar-refractivity contribution in [1.29, 1.82) is 0 Å². The highest BCUT2D eigenvalue weighted by Gasteiger charge is 2.49. The van der Waals surface area contributed by atoms with Gasteiger partial charge in [0.25, 0.3) is 0 Å². The molecule has 0 saturated carbocycles. The maximum Gasteiger partial charge on any atom is 0.418 e. The van der Waals surface area contributed by atoms with Gasteiger partial charge < -0.3 is 25.2 Å². The average Bonchev–Trinajstić information content (AvgIpc) is 3.40. The summed E-state index contributed by atoms with van der Waals surface area (Å²) in [4.78, 5) is 20.5. The van der Waals surface area contributed by atoms with Crippen LogP contribution < -0.4 is 20.1 Å². The number of aliphatic hydroxyl groups excluding tert-OH is 1. The average molecular weight is 596 g/mol. The zero-order valence-corrected chi connectivity index (χ0v) is 23.0. The van der Waals surface area contributed by atoms with Gasteiger partial charge in [0.2, 0.25) is 5.88 Å². The van der Waals surface area contributed by atoms with Gasteiger partial charge in [-0.25, -0.2) is 18.7 Å². The summed E-state index contributed by atoms with van der Waals surface area (Å²) in [6.45, 7) is 2.02. The SMILES string of the molecule is Cc1nc(N)cc(-c2nc3c4c(nc(OC[C@@]56CCCN5C[C@H](F)C6)nc4c2F)N(C)[C@@H](CCO)CO3)c1C(F)(F)F. The summed E-state index contributed by atoms with van der Waals surface area (Å²) in [6.07, 6.45) is -3.74. The number of rotatable bonds is 6. The number of nitrogens with zero attached hydrogens (tertiary/aromatic N) is 6. The maximum atomic E-state index is 16.4. The van der Waals surface area contributed by atoms with Crippen molar-refractivity contribution in [3.63, 3.8) is 0 Å². The summed E-state index contributed by atoms with van der Waals surface area (Å²) in [6, 6.07) is 0.260. The van der Waals surface area contributed by atoms with Gasteiger partial charge in [-0.1, -0.05) is 0 Å². The highest BCUT2D eigenvalue weighted by molar-refractivity contribution is 5.97. The van der Waals surface area contributed by atoms with Crippen LogP contribution in [0.4, 0.5) is 33.6 Å². The Morgan fingerprint density at radius 3 is 2.76 bits per heavy atom. The van der Waals surface area contributed by atoms with Crippen LogP contribution in [0.5, 0.6) is 11.9 Å². The van der Waals surface area contributed by atoms with E-state index in [9.17, 15) is 22.7 Å². The summed E-state index contributed by atoms with van der Waals surface area (Å²) >= 11 is 0. The second-order valence-electron chi connectivity index (χ2n) is 11.1. The Labute approximate surface area is 237 Å². The molecule has 3 aliphatic heterocycles. The number of anilines is 2. The molecule has 0 unspecified atom stereocenters. The minimum atomic E-state index is -4.89. The van der Waals surface area contributed by atoms with E-state index >= 15 is 4.39 Å². The van der Waals surface area contributed by atoms with E-state index in [1.54, 1.807) is 11.9 Å². The van der Waals surface area contributed by atoms with E-state index in [-0.39, 0.29) is 67.1 Å². The van der Waals surface area contributed by atoms with Crippen molar-refractivity contribution >= 4 is 22.5 Å². The van der Waals surface area contributed by atoms with Crippen LogP contribution >= 0.6 is 0 Å². The van der Waals surface area contributed by atoms with E-state index in [2.05, 4.69) is 19.9 Å². The van der Waals surface area contributed by atoms with Crippen molar-refractivity contribution in [3.05, 3.63) is 23.1 Å². The first kappa shape index (κ1) is 28.5. The number of nitrogens with two attached hydrogens (primary N) is 1. The first-order valence-corrected chi connectivity index (χ1v) is 13.7. The zero-order chi connectivity index (χ0) is 30.0. The van der Waals surface area contributed by atoms with Gasteiger partial charge in [0.1, 0.15) is 47.6 Å². The summed E-state index contributed by atoms with van der Waals surface area (Å²) in [5, 5.41) is 9.67. The zero-order valence-electron chi connectivity index (χ0n) is 23.0. The molecule has 2 saturated heterocycles. The number of hydrogen-bond donors (Lipinski definition) is 2. The van der Waals surface area contributed by atoms with E-state index < -0.39 is 52.3 Å². The van der Waals surface area contributed by atoms with Gasteiger partial charge in [-0.2, -0.15) is 23.1 Å². The number of aliphatic hydroxyl groups is 1. The van der Waals surface area contributed by atoms with Crippen LogP contribution in [0.25, 0.3) is 22.2 Å². The smallest absolute Gasteiger partial charge is 0.418 e. The summed E-state index contributed by atoms with van der Waals surface area (Å²) < 4.78 is 85.1. The molecule has 3 atom stereocenters. The van der Waals surface area contributed by atoms with Gasteiger partial charge in [-0.3, -0.25) is 4.90 Å². The Balaban J connectivity index is 1.53. The van der Waals surface area contributed by atoms with Gasteiger partial charge in [0, 0.05) is 32.2 Å². The van der Waals surface area contributed by atoms with Crippen LogP contribution in [-0.2, 0) is 6.18 Å². The lowest BCUT2D eigenvalue weighted by molar-refractivity contribution is -0.137. The fourth-order valence-electron chi connectivity index (χ4n) is 6.48. The first-order valence-electron chi connectivity index (χ1n) is 13.7. The molecule has 10 nitrogen and oxygen atoms in total. The van der Waals surface area contributed by atoms with Crippen molar-refractivity contribution in [2.24, 2.45) is 0 Å². The largest absolute Gasteiger partial charge is 0.475 e. The first-order chi connectivity index (χ1) is 19.9. The lowest BCUT2D eigenvalue weighted by Crippen LogP contribution is -2.43. The van der Waals surface area contributed by atoms with Gasteiger partial charge in [-0.05, 0) is 38.8 Å². The van der Waals surface area contributed by atoms with E-state index in [4.69, 9.17) is 15.2 Å². The monoisotopic (exact) mass is 595 g/mol. The summed E-state index contributed by atoms with van der Waals surface area (Å²) in [7, 11) is 1.67. The van der Waals surface area contributed by atoms with Crippen LogP contribution in [0.15, 0.2) is 6.07 Å². The minimum absolute atomic E-state index is 0.0175. The highest BCUT2D eigenvalue weighted by atomic mass is 19.4. The van der Waals surface area contributed by atoms with Crippen molar-refractivity contribution in [2.45, 2.75) is 56.5 Å². The van der Waals surface area contributed by atoms with E-state index in [1.807, 2.05) is 4.90 Å². The molecule has 0 radical (unpaired) electrons. The van der Waals surface area contributed by atoms with E-state index in [1.165, 1.54) is 0 Å². The predicted molar refractivity (Wildman–Crippen MR) is 143 cm³/mol. The molecule has 0 spiro atoms. The van der Waals surface area contributed by atoms with Crippen molar-refractivity contribution < 1.29 is 36.5 Å². The third kappa shape index (κ3) is 4.71. The summed E-state index contributed by atoms with van der Waals surface area (Å²) in [5.41, 5.74) is 1.97. The number of aryl methyl sites for hydroxylation is 1. The number of alkyl halides is 4. The van der Waals surface area contributed by atoms with Gasteiger partial charge >= 0.3 is 12.2 Å². The third-order valence-electron chi connectivity index (χ3n) is 8.46. The minimum Gasteiger partial charge on any atom is -0.475 e. The molecule has 0 amide bonds. The van der Waals surface area contributed by atoms with Crippen LogP contribution in [0.1, 0.15) is 36.9 Å². The molecule has 3 aliphatic rings. The quantitative estimate of drug-likeness (QED) is 0.408. The van der Waals surface area contributed by atoms with Crippen molar-refractivity contribution in [3.8, 4) is 23.1 Å². The fourth-order valence-corrected chi connectivity index (χ4v) is 6.48. The molecule has 0 bridgehead atoms. The number of nitrogen functional groups attached to an aromatic ring is 1. The van der Waals surface area contributed by atoms with Gasteiger partial charge in [-0.15, -0.1) is 0 Å². The molecule has 3 aromatic rings. The highest BCUT2D eigenvalue weighted by Crippen LogP contribution is 2.45. The number of aromatic nitrogens is 4. The second-order valence-corrected chi connectivity index (χ2v) is 11.1. The number of halogens is 5. The maximum absolute atomic E-state index is 16.4. The number of likely N-dealkylation sites (N-methyl/N-ethyl adjacent to an activating group) is 1. The van der Waals surface area contributed by atoms with Crippen LogP contribution in [0.2, 0.25) is 0 Å². The molecule has 2 fully saturated rings. The molecule has 3 aromatic heterocycles. The van der Waals surface area contributed by atoms with Crippen LogP contribution in [-0.4, -0.2) is 87.7 Å². The van der Waals surface area contributed by atoms with Crippen LogP contribution in [0, 0.1) is 12.7 Å². The van der Waals surface area contributed by atoms with Crippen molar-refractivity contribution in [2.75, 3.05) is 50.6 Å². The Kier molecular flexibility index (Phi) is 6.99. The standard InChI is InChI=1S/C27H30F5N7O3/c1-13-19(27(30,31)32)16(8-17(33)34-13)21-20(29)22-18-23(38(2)15(4-7-40)11-41-24(18)35-21)37-25(36-22)42-12-26-5-3-6-39(26)10-14(28)9-26/h8,14-15,40H,3-7,9-12H2,1-2H3,(H2,33,34)/t14-,15+,26+/m1/s1. The lowest BCUT2D eigenvalue weighted by Gasteiger charge is -2.31. The lowest BCUT2D eigenvalue weighted by atomic mass is 9.95. The Morgan fingerprint density at radius 1 is 1.24 bits per heavy atom. The molecule has 6 rings (SSSR count). The van der Waals surface area contributed by atoms with Gasteiger partial charge in [0.05, 0.1) is 22.8 Å². The van der Waals surface area contributed by atoms with Gasteiger partial charge in [0.15, 0.2) is 5.82 Å². The number of ether oxygens (including phenoxy) is 2. The number of fused-ring (bicyclic) bond motifs is 1. The predicted octanol–water partition coefficient (Wildman–Crippen LogP) is 3.67. The van der Waals surface area contributed by atoms with E-state index in [0.717, 1.165) is 32.4 Å². The number of hydrogen-bond acceptors (Lipinski definition) is 10. The molecule has 226 valence electrons. The summed E-state index contributed by atoms with van der Waals surface area (Å²) in [5.74, 6) is -1.40. The third-order valence-corrected chi connectivity index (χ3v) is 8.46. The van der Waals surface area contributed by atoms with Crippen molar-refractivity contribution in [1.82, 2.24) is 24.8 Å². The molecule has 0 aromatic carbocycles. The molecule has 6 heterocycles. The molecule has 0 aliphatic carbocycles. The topological polar surface area (TPSA) is 123 Å². The fraction of sp³-hybridized carbons (Fsp3) is 0.556. The Morgan fingerprint density at radius 2 is 2.02 bits per heavy atom. The normalized spacial score (nSPS) is 24.1. The number of pyridine rings is 2. The Bertz CT molecular complexity index is 1540. The molecule has 3 N–H and O–H groups in total. The molecule has 15 heteroatoms. The second kappa shape index (κ2) is 10.3. The molecular formula is C27H30F5N7O3. The van der Waals surface area contributed by atoms with E-state index in [0.29, 0.717) is 6.54 Å². The Hall–Kier alpha value is -3.59. The van der Waals surface area contributed by atoms with Crippen LogP contribution in [0.3, 0.4) is 0 Å². The molecule has 42 heavy (non-hydrogen) atoms. The molecular weight excluding hydrogens is 565 g/mol.